The number of pyridine rings is 1. The molecule has 4 heteroatoms. The molecule has 0 atom stereocenters. The lowest BCUT2D eigenvalue weighted by Gasteiger charge is -2.09. The van der Waals surface area contributed by atoms with E-state index in [1.165, 1.54) is 12.3 Å². The molecular weight excluding hydrogens is 241 g/mol. The first-order valence-electron chi connectivity index (χ1n) is 5.00. The first-order valence-corrected chi connectivity index (χ1v) is 5.38. The maximum Gasteiger partial charge on any atom is 0.153 e. The molecule has 0 saturated heterocycles. The van der Waals surface area contributed by atoms with Gasteiger partial charge in [0.25, 0.3) is 0 Å². The van der Waals surface area contributed by atoms with Gasteiger partial charge in [-0.2, -0.15) is 0 Å². The van der Waals surface area contributed by atoms with Crippen LogP contribution >= 0.6 is 11.6 Å². The van der Waals surface area contributed by atoms with Crippen molar-refractivity contribution in [3.05, 3.63) is 52.6 Å². The number of halogens is 2. The molecule has 0 aliphatic heterocycles. The van der Waals surface area contributed by atoms with Crippen LogP contribution in [0.4, 0.5) is 4.39 Å². The fourth-order valence-electron chi connectivity index (χ4n) is 1.69. The van der Waals surface area contributed by atoms with Gasteiger partial charge < -0.3 is 0 Å². The van der Waals surface area contributed by atoms with Gasteiger partial charge in [-0.3, -0.25) is 4.79 Å². The molecule has 0 fully saturated rings. The summed E-state index contributed by atoms with van der Waals surface area (Å²) in [6.45, 7) is 1.78. The summed E-state index contributed by atoms with van der Waals surface area (Å²) < 4.78 is 13.5. The van der Waals surface area contributed by atoms with Gasteiger partial charge >= 0.3 is 0 Å². The third-order valence-electron chi connectivity index (χ3n) is 2.60. The average Bonchev–Trinajstić information content (AvgIpc) is 2.32. The molecule has 1 aromatic heterocycles. The Hall–Kier alpha value is -1.74. The molecule has 0 unspecified atom stereocenters. The number of carbonyl (C=O) groups is 1. The van der Waals surface area contributed by atoms with Gasteiger partial charge in [0.15, 0.2) is 6.29 Å². The summed E-state index contributed by atoms with van der Waals surface area (Å²) in [6.07, 6.45) is 2.04. The lowest BCUT2D eigenvalue weighted by molar-refractivity contribution is 0.112. The van der Waals surface area contributed by atoms with Gasteiger partial charge in [-0.05, 0) is 35.7 Å². The fourth-order valence-corrected chi connectivity index (χ4v) is 1.85. The molecule has 86 valence electrons. The third kappa shape index (κ3) is 2.06. The predicted molar refractivity (Wildman–Crippen MR) is 64.8 cm³/mol. The van der Waals surface area contributed by atoms with E-state index in [4.69, 9.17) is 11.6 Å². The van der Waals surface area contributed by atoms with Gasteiger partial charge in [0, 0.05) is 6.20 Å². The molecule has 17 heavy (non-hydrogen) atoms. The number of aromatic nitrogens is 1. The van der Waals surface area contributed by atoms with E-state index in [1.54, 1.807) is 25.1 Å². The quantitative estimate of drug-likeness (QED) is 0.601. The predicted octanol–water partition coefficient (Wildman–Crippen LogP) is 3.66. The van der Waals surface area contributed by atoms with Crippen molar-refractivity contribution in [2.45, 2.75) is 6.92 Å². The smallest absolute Gasteiger partial charge is 0.153 e. The summed E-state index contributed by atoms with van der Waals surface area (Å²) in [7, 11) is 0. The van der Waals surface area contributed by atoms with Crippen LogP contribution in [0.5, 0.6) is 0 Å². The number of carbonyl (C=O) groups excluding carboxylic acids is 1. The summed E-state index contributed by atoms with van der Waals surface area (Å²) in [5, 5.41) is 0.351. The molecule has 0 spiro atoms. The second kappa shape index (κ2) is 4.63. The van der Waals surface area contributed by atoms with E-state index < -0.39 is 5.82 Å². The van der Waals surface area contributed by atoms with Crippen LogP contribution in [0.15, 0.2) is 30.5 Å². The molecule has 0 radical (unpaired) electrons. The maximum atomic E-state index is 13.5. The zero-order valence-corrected chi connectivity index (χ0v) is 9.83. The van der Waals surface area contributed by atoms with Crippen LogP contribution in [-0.2, 0) is 0 Å². The van der Waals surface area contributed by atoms with E-state index in [2.05, 4.69) is 4.98 Å². The normalized spacial score (nSPS) is 10.3. The van der Waals surface area contributed by atoms with Crippen molar-refractivity contribution in [1.82, 2.24) is 4.98 Å². The minimum atomic E-state index is -0.537. The Labute approximate surface area is 103 Å². The minimum absolute atomic E-state index is 0.0397. The average molecular weight is 250 g/mol. The van der Waals surface area contributed by atoms with E-state index in [1.807, 2.05) is 0 Å². The highest BCUT2D eigenvalue weighted by molar-refractivity contribution is 6.30. The summed E-state index contributed by atoms with van der Waals surface area (Å²) in [5.74, 6) is -0.537. The third-order valence-corrected chi connectivity index (χ3v) is 2.98. The summed E-state index contributed by atoms with van der Waals surface area (Å²) in [5.41, 5.74) is 2.01. The van der Waals surface area contributed by atoms with Crippen LogP contribution in [0.1, 0.15) is 15.9 Å². The number of aldehydes is 1. The summed E-state index contributed by atoms with van der Waals surface area (Å²) in [6, 6.07) is 6.21. The molecule has 0 saturated carbocycles. The second-order valence-electron chi connectivity index (χ2n) is 3.59. The Kier molecular flexibility index (Phi) is 3.20. The van der Waals surface area contributed by atoms with Crippen molar-refractivity contribution in [2.75, 3.05) is 0 Å². The molecular formula is C13H9ClFNO. The van der Waals surface area contributed by atoms with Gasteiger partial charge in [0.05, 0.1) is 5.56 Å². The van der Waals surface area contributed by atoms with Crippen molar-refractivity contribution in [2.24, 2.45) is 0 Å². The zero-order valence-electron chi connectivity index (χ0n) is 9.08. The van der Waals surface area contributed by atoms with Crippen LogP contribution in [-0.4, -0.2) is 11.3 Å². The van der Waals surface area contributed by atoms with Gasteiger partial charge in [-0.15, -0.1) is 0 Å². The first kappa shape index (κ1) is 11.7. The van der Waals surface area contributed by atoms with Gasteiger partial charge in [0.1, 0.15) is 11.0 Å². The van der Waals surface area contributed by atoms with Crippen molar-refractivity contribution < 1.29 is 9.18 Å². The highest BCUT2D eigenvalue weighted by Crippen LogP contribution is 2.29. The number of benzene rings is 1. The van der Waals surface area contributed by atoms with Crippen LogP contribution in [0, 0.1) is 12.7 Å². The van der Waals surface area contributed by atoms with E-state index in [-0.39, 0.29) is 5.56 Å². The molecule has 0 amide bonds. The SMILES string of the molecule is Cc1c(-c2cccc(F)c2C=O)ccnc1Cl. The molecule has 2 nitrogen and oxygen atoms in total. The molecule has 0 aliphatic rings. The van der Waals surface area contributed by atoms with Crippen molar-refractivity contribution in [3.8, 4) is 11.1 Å². The van der Waals surface area contributed by atoms with Gasteiger partial charge in [0.2, 0.25) is 0 Å². The van der Waals surface area contributed by atoms with Gasteiger partial charge in [-0.1, -0.05) is 23.7 Å². The molecule has 2 aromatic rings. The number of nitrogens with zero attached hydrogens (tertiary/aromatic N) is 1. The number of hydrogen-bond donors (Lipinski definition) is 0. The monoisotopic (exact) mass is 249 g/mol. The fraction of sp³-hybridized carbons (Fsp3) is 0.0769. The topological polar surface area (TPSA) is 30.0 Å². The largest absolute Gasteiger partial charge is 0.298 e. The van der Waals surface area contributed by atoms with E-state index >= 15 is 0 Å². The number of hydrogen-bond acceptors (Lipinski definition) is 2. The molecule has 1 heterocycles. The molecule has 0 aliphatic carbocycles. The minimum Gasteiger partial charge on any atom is -0.298 e. The van der Waals surface area contributed by atoms with E-state index in [0.29, 0.717) is 22.6 Å². The Balaban J connectivity index is 2.73. The lowest BCUT2D eigenvalue weighted by atomic mass is 9.98. The van der Waals surface area contributed by atoms with E-state index in [9.17, 15) is 9.18 Å². The second-order valence-corrected chi connectivity index (χ2v) is 3.95. The zero-order chi connectivity index (χ0) is 12.4. The van der Waals surface area contributed by atoms with Gasteiger partial charge in [-0.25, -0.2) is 9.37 Å². The Morgan fingerprint density at radius 1 is 1.29 bits per heavy atom. The Morgan fingerprint density at radius 3 is 2.76 bits per heavy atom. The first-order chi connectivity index (χ1) is 8.15. The Morgan fingerprint density at radius 2 is 2.06 bits per heavy atom. The maximum absolute atomic E-state index is 13.5. The lowest BCUT2D eigenvalue weighted by Crippen LogP contribution is -1.95. The van der Waals surface area contributed by atoms with Crippen molar-refractivity contribution in [1.29, 1.82) is 0 Å². The van der Waals surface area contributed by atoms with Crippen molar-refractivity contribution >= 4 is 17.9 Å². The van der Waals surface area contributed by atoms with Crippen LogP contribution in [0.3, 0.4) is 0 Å². The van der Waals surface area contributed by atoms with Crippen LogP contribution in [0.25, 0.3) is 11.1 Å². The number of rotatable bonds is 2. The molecule has 0 N–H and O–H groups in total. The van der Waals surface area contributed by atoms with E-state index in [0.717, 1.165) is 5.56 Å². The standard InChI is InChI=1S/C13H9ClFNO/c1-8-9(5-6-16-13(8)14)10-3-2-4-12(15)11(10)7-17/h2-7H,1H3. The molecule has 0 bridgehead atoms. The van der Waals surface area contributed by atoms with Crippen molar-refractivity contribution in [3.63, 3.8) is 0 Å². The summed E-state index contributed by atoms with van der Waals surface area (Å²) >= 11 is 5.91. The van der Waals surface area contributed by atoms with Crippen LogP contribution in [0.2, 0.25) is 5.15 Å². The highest BCUT2D eigenvalue weighted by Gasteiger charge is 2.12. The Bertz CT molecular complexity index is 584. The van der Waals surface area contributed by atoms with Crippen LogP contribution < -0.4 is 0 Å². The molecule has 2 rings (SSSR count). The molecule has 1 aromatic carbocycles. The summed E-state index contributed by atoms with van der Waals surface area (Å²) in [4.78, 5) is 14.9. The highest BCUT2D eigenvalue weighted by atomic mass is 35.5.